The minimum Gasteiger partial charge on any atom is -0.447 e. The average Bonchev–Trinajstić information content (AvgIpc) is 3.57. The van der Waals surface area contributed by atoms with Crippen molar-refractivity contribution in [1.29, 1.82) is 0 Å². The fourth-order valence-corrected chi connectivity index (χ4v) is 4.53. The van der Waals surface area contributed by atoms with Crippen LogP contribution < -0.4 is 10.6 Å². The summed E-state index contributed by atoms with van der Waals surface area (Å²) in [4.78, 5) is 25.1. The van der Waals surface area contributed by atoms with Crippen LogP contribution in [0.4, 0.5) is 10.6 Å². The first-order valence-electron chi connectivity index (χ1n) is 11.6. The van der Waals surface area contributed by atoms with Crippen LogP contribution >= 0.6 is 11.6 Å². The fraction of sp³-hybridized carbons (Fsp3) is 0.478. The molecule has 1 amide bonds. The van der Waals surface area contributed by atoms with Crippen molar-refractivity contribution in [3.8, 4) is 0 Å². The number of aromatic nitrogens is 4. The first-order chi connectivity index (χ1) is 17.3. The van der Waals surface area contributed by atoms with Crippen LogP contribution in [0.25, 0.3) is 11.2 Å². The third-order valence-corrected chi connectivity index (χ3v) is 6.50. The number of benzene rings is 1. The van der Waals surface area contributed by atoms with Crippen molar-refractivity contribution in [3.63, 3.8) is 0 Å². The van der Waals surface area contributed by atoms with Gasteiger partial charge in [0.2, 0.25) is 5.28 Å². The van der Waals surface area contributed by atoms with E-state index in [1.807, 2.05) is 30.3 Å². The van der Waals surface area contributed by atoms with E-state index in [0.29, 0.717) is 36.7 Å². The minimum atomic E-state index is -1.74. The summed E-state index contributed by atoms with van der Waals surface area (Å²) in [5.74, 6) is 0.437. The second-order valence-corrected chi connectivity index (χ2v) is 9.34. The zero-order valence-corrected chi connectivity index (χ0v) is 20.3. The molecular weight excluding hydrogens is 492 g/mol. The van der Waals surface area contributed by atoms with Gasteiger partial charge in [0.05, 0.1) is 19.0 Å². The van der Waals surface area contributed by atoms with Crippen molar-refractivity contribution >= 4 is 34.7 Å². The van der Waals surface area contributed by atoms with Crippen LogP contribution in [0.2, 0.25) is 5.28 Å². The standard InChI is InChI=1S/C23H27ClN6O6/c1-23(33)17(31)15(11-35-22(32)25-9-13-5-3-2-4-6-13)36-20(23)30-12-26-16-18(27-14-7-8-34-10-14)28-21(24)29-19(16)30/h2-6,12,14-15,17,20,31,33H,7-11H2,1H3,(H,25,32)(H,27,28,29)/t14-,15-,17-,20-,23-/m1/s1. The van der Waals surface area contributed by atoms with Crippen molar-refractivity contribution in [2.24, 2.45) is 0 Å². The Kier molecular flexibility index (Phi) is 6.95. The SMILES string of the molecule is C[C@@]1(O)[C@H](O)[C@@H](COC(=O)NCc2ccccc2)O[C@H]1n1cnc2c(N[C@@H]3CCOC3)nc(Cl)nc21. The number of ether oxygens (including phenoxy) is 3. The monoisotopic (exact) mass is 518 g/mol. The van der Waals surface area contributed by atoms with Crippen molar-refractivity contribution < 1.29 is 29.2 Å². The van der Waals surface area contributed by atoms with Gasteiger partial charge in [-0.15, -0.1) is 0 Å². The van der Waals surface area contributed by atoms with Gasteiger partial charge in [-0.2, -0.15) is 9.97 Å². The summed E-state index contributed by atoms with van der Waals surface area (Å²) in [7, 11) is 0. The lowest BCUT2D eigenvalue weighted by Gasteiger charge is -2.27. The van der Waals surface area contributed by atoms with Crippen LogP contribution in [0.15, 0.2) is 36.7 Å². The number of hydrogen-bond acceptors (Lipinski definition) is 10. The number of alkyl carbamates (subject to hydrolysis) is 1. The molecule has 2 fully saturated rings. The van der Waals surface area contributed by atoms with Crippen LogP contribution in [-0.4, -0.2) is 79.5 Å². The molecular formula is C23H27ClN6O6. The number of rotatable bonds is 7. The number of nitrogens with zero attached hydrogens (tertiary/aromatic N) is 4. The van der Waals surface area contributed by atoms with Gasteiger partial charge >= 0.3 is 6.09 Å². The third kappa shape index (κ3) is 4.95. The summed E-state index contributed by atoms with van der Waals surface area (Å²) in [5, 5.41) is 27.8. The van der Waals surface area contributed by atoms with Crippen molar-refractivity contribution in [3.05, 3.63) is 47.5 Å². The van der Waals surface area contributed by atoms with Gasteiger partial charge in [0.25, 0.3) is 0 Å². The molecule has 5 rings (SSSR count). The highest BCUT2D eigenvalue weighted by Crippen LogP contribution is 2.40. The van der Waals surface area contributed by atoms with E-state index >= 15 is 0 Å². The van der Waals surface area contributed by atoms with E-state index in [9.17, 15) is 15.0 Å². The number of nitrogens with one attached hydrogen (secondary N) is 2. The minimum absolute atomic E-state index is 0.0150. The predicted molar refractivity (Wildman–Crippen MR) is 128 cm³/mol. The molecule has 2 aliphatic rings. The molecule has 0 bridgehead atoms. The Morgan fingerprint density at radius 1 is 1.33 bits per heavy atom. The summed E-state index contributed by atoms with van der Waals surface area (Å²) in [5.41, 5.74) is -0.0836. The van der Waals surface area contributed by atoms with Crippen molar-refractivity contribution in [2.45, 2.75) is 50.0 Å². The topological polar surface area (TPSA) is 153 Å². The molecule has 12 nitrogen and oxygen atoms in total. The molecule has 36 heavy (non-hydrogen) atoms. The lowest BCUT2D eigenvalue weighted by molar-refractivity contribution is -0.0951. The Hall–Kier alpha value is -3.03. The van der Waals surface area contributed by atoms with E-state index in [2.05, 4.69) is 25.6 Å². The van der Waals surface area contributed by atoms with Gasteiger partial charge in [-0.1, -0.05) is 30.3 Å². The largest absolute Gasteiger partial charge is 0.447 e. The normalized spacial score (nSPS) is 27.9. The van der Waals surface area contributed by atoms with Crippen LogP contribution in [0.3, 0.4) is 0 Å². The molecule has 4 N–H and O–H groups in total. The highest BCUT2D eigenvalue weighted by molar-refractivity contribution is 6.28. The highest BCUT2D eigenvalue weighted by Gasteiger charge is 2.54. The summed E-state index contributed by atoms with van der Waals surface area (Å²) in [6, 6.07) is 9.43. The number of anilines is 1. The summed E-state index contributed by atoms with van der Waals surface area (Å²) >= 11 is 6.18. The van der Waals surface area contributed by atoms with Gasteiger partial charge in [0.15, 0.2) is 23.2 Å². The van der Waals surface area contributed by atoms with E-state index in [1.165, 1.54) is 17.8 Å². The maximum atomic E-state index is 12.1. The van der Waals surface area contributed by atoms with Gasteiger partial charge < -0.3 is 35.1 Å². The lowest BCUT2D eigenvalue weighted by atomic mass is 9.96. The van der Waals surface area contributed by atoms with Crippen LogP contribution in [0.5, 0.6) is 0 Å². The Bertz CT molecular complexity index is 1220. The quantitative estimate of drug-likeness (QED) is 0.339. The number of amides is 1. The van der Waals surface area contributed by atoms with Crippen molar-refractivity contribution in [1.82, 2.24) is 24.8 Å². The molecule has 0 saturated carbocycles. The van der Waals surface area contributed by atoms with Gasteiger partial charge in [-0.05, 0) is 30.5 Å². The molecule has 192 valence electrons. The molecule has 2 saturated heterocycles. The summed E-state index contributed by atoms with van der Waals surface area (Å²) in [6.07, 6.45) is -1.84. The zero-order chi connectivity index (χ0) is 25.3. The van der Waals surface area contributed by atoms with Crippen LogP contribution in [0, 0.1) is 0 Å². The molecule has 1 aromatic carbocycles. The van der Waals surface area contributed by atoms with E-state index in [1.54, 1.807) is 0 Å². The molecule has 13 heteroatoms. The summed E-state index contributed by atoms with van der Waals surface area (Å²) < 4.78 is 18.1. The molecule has 4 heterocycles. The number of fused-ring (bicyclic) bond motifs is 1. The Morgan fingerprint density at radius 3 is 2.89 bits per heavy atom. The van der Waals surface area contributed by atoms with Crippen molar-refractivity contribution in [2.75, 3.05) is 25.1 Å². The molecule has 0 spiro atoms. The number of aliphatic hydroxyl groups is 2. The molecule has 0 aliphatic carbocycles. The summed E-state index contributed by atoms with van der Waals surface area (Å²) in [6.45, 7) is 2.64. The average molecular weight is 519 g/mol. The molecule has 3 aromatic rings. The Labute approximate surface area is 211 Å². The number of carbonyl (C=O) groups is 1. The van der Waals surface area contributed by atoms with E-state index < -0.39 is 30.1 Å². The van der Waals surface area contributed by atoms with Gasteiger partial charge in [0, 0.05) is 13.2 Å². The van der Waals surface area contributed by atoms with E-state index in [0.717, 1.165) is 12.0 Å². The van der Waals surface area contributed by atoms with E-state index in [-0.39, 0.29) is 17.9 Å². The molecule has 2 aliphatic heterocycles. The predicted octanol–water partition coefficient (Wildman–Crippen LogP) is 1.62. The lowest BCUT2D eigenvalue weighted by Crippen LogP contribution is -2.44. The number of halogens is 1. The number of imidazole rings is 1. The molecule has 0 radical (unpaired) electrons. The number of aliphatic hydroxyl groups excluding tert-OH is 1. The second kappa shape index (κ2) is 10.1. The first-order valence-corrected chi connectivity index (χ1v) is 12.0. The molecule has 5 atom stereocenters. The fourth-order valence-electron chi connectivity index (χ4n) is 4.36. The maximum Gasteiger partial charge on any atom is 0.407 e. The molecule has 2 aromatic heterocycles. The highest BCUT2D eigenvalue weighted by atomic mass is 35.5. The van der Waals surface area contributed by atoms with Crippen LogP contribution in [-0.2, 0) is 20.8 Å². The molecule has 0 unspecified atom stereocenters. The van der Waals surface area contributed by atoms with Gasteiger partial charge in [0.1, 0.15) is 24.4 Å². The Balaban J connectivity index is 1.29. The smallest absolute Gasteiger partial charge is 0.407 e. The number of carbonyl (C=O) groups excluding carboxylic acids is 1. The van der Waals surface area contributed by atoms with Crippen LogP contribution in [0.1, 0.15) is 25.1 Å². The van der Waals surface area contributed by atoms with Gasteiger partial charge in [-0.25, -0.2) is 9.78 Å². The zero-order valence-electron chi connectivity index (χ0n) is 19.5. The second-order valence-electron chi connectivity index (χ2n) is 9.01. The Morgan fingerprint density at radius 2 is 2.14 bits per heavy atom. The van der Waals surface area contributed by atoms with Gasteiger partial charge in [-0.3, -0.25) is 4.57 Å². The van der Waals surface area contributed by atoms with E-state index in [4.69, 9.17) is 25.8 Å². The third-order valence-electron chi connectivity index (χ3n) is 6.33. The number of hydrogen-bond donors (Lipinski definition) is 4. The first kappa shape index (κ1) is 24.7. The maximum absolute atomic E-state index is 12.1.